The van der Waals surface area contributed by atoms with Crippen molar-refractivity contribution in [3.63, 3.8) is 0 Å². The minimum atomic E-state index is -1.12. The second kappa shape index (κ2) is 30.3. The number of aliphatic hydroxyl groups excluding tert-OH is 4. The molecule has 12 rings (SSSR count). The molecule has 4 aliphatic heterocycles. The third-order valence-electron chi connectivity index (χ3n) is 24.8. The summed E-state index contributed by atoms with van der Waals surface area (Å²) in [4.78, 5) is 48.4. The highest BCUT2D eigenvalue weighted by atomic mass is 16.5. The highest BCUT2D eigenvalue weighted by molar-refractivity contribution is 5.84. The second-order valence-corrected chi connectivity index (χ2v) is 35.3. The third-order valence-corrected chi connectivity index (χ3v) is 24.8. The molecule has 8 aliphatic rings. The Bertz CT molecular complexity index is 3560. The summed E-state index contributed by atoms with van der Waals surface area (Å²) < 4.78 is 35.9. The smallest absolute Gasteiger partial charge is 0.315 e. The number of carbonyl (C=O) groups excluding carboxylic acids is 2. The van der Waals surface area contributed by atoms with Gasteiger partial charge in [0.15, 0.2) is 0 Å². The Morgan fingerprint density at radius 2 is 0.587 bits per heavy atom. The molecular formula is C84H120O20. The van der Waals surface area contributed by atoms with E-state index in [0.717, 1.165) is 88.2 Å². The van der Waals surface area contributed by atoms with Crippen LogP contribution in [0.2, 0.25) is 0 Å². The summed E-state index contributed by atoms with van der Waals surface area (Å²) >= 11 is 0. The van der Waals surface area contributed by atoms with Crippen molar-refractivity contribution < 1.29 is 98.7 Å². The van der Waals surface area contributed by atoms with Gasteiger partial charge in [0.25, 0.3) is 0 Å². The van der Waals surface area contributed by atoms with E-state index in [2.05, 4.69) is 41.5 Å². The minimum Gasteiger partial charge on any atom is -0.508 e. The number of benzene rings is 4. The SMILES string of the molecule is CC(C)(C(=O)O)c1cc(O)c2c(c1)OC(C)(C)[C@@H]1CC[C@@H](O)C[C@@H]21.CC(C)(C(=O)O)c1cc(O)c2c(c1)OC(C)(C)[C@@H]1CC[C@H](O)C[C@@H]21.CCCCOC(=O)C(C)(C)c1cc(O)c2c(c1)OC(C)(C)[C@@H]1CC[C@@H](O)C[C@@H]21.CCCCOC(=O)C(C)(C)c1cc(O)c2c(c1)OC(C)(C)[C@@H]1CC[C@H](O)C[C@@H]21. The van der Waals surface area contributed by atoms with Crippen LogP contribution >= 0.6 is 0 Å². The zero-order valence-electron chi connectivity index (χ0n) is 64.8. The Hall–Kier alpha value is -7.00. The van der Waals surface area contributed by atoms with E-state index in [9.17, 15) is 70.2 Å². The molecule has 12 atom stereocenters. The molecule has 4 fully saturated rings. The number of hydrogen-bond acceptors (Lipinski definition) is 18. The quantitative estimate of drug-likeness (QED) is 0.0414. The number of rotatable bonds is 14. The number of fused-ring (bicyclic) bond motifs is 12. The van der Waals surface area contributed by atoms with Crippen LogP contribution in [-0.4, -0.2) is 135 Å². The van der Waals surface area contributed by atoms with Gasteiger partial charge in [-0.05, 0) is 271 Å². The summed E-state index contributed by atoms with van der Waals surface area (Å²) in [6.07, 6.45) is 11.0. The number of carboxylic acid groups (broad SMARTS) is 2. The normalized spacial score (nSPS) is 27.1. The molecule has 4 saturated carbocycles. The number of phenolic OH excluding ortho intramolecular Hbond substituents is 4. The number of hydrogen-bond donors (Lipinski definition) is 10. The molecule has 4 heterocycles. The lowest BCUT2D eigenvalue weighted by Gasteiger charge is -2.48. The summed E-state index contributed by atoms with van der Waals surface area (Å²) in [5.41, 5.74) is -0.329. The minimum absolute atomic E-state index is 0.0227. The van der Waals surface area contributed by atoms with Crippen LogP contribution < -0.4 is 18.9 Å². The fourth-order valence-electron chi connectivity index (χ4n) is 17.8. The molecule has 4 aliphatic carbocycles. The number of aromatic hydroxyl groups is 4. The van der Waals surface area contributed by atoms with Gasteiger partial charge in [0.05, 0.1) is 59.3 Å². The van der Waals surface area contributed by atoms with Gasteiger partial charge in [-0.1, -0.05) is 26.7 Å². The number of ether oxygens (including phenoxy) is 6. The molecule has 4 aromatic carbocycles. The monoisotopic (exact) mass is 1450 g/mol. The maximum Gasteiger partial charge on any atom is 0.315 e. The number of carboxylic acids is 2. The molecule has 0 aromatic heterocycles. The Balaban J connectivity index is 0.000000161. The van der Waals surface area contributed by atoms with E-state index in [1.807, 2.05) is 67.5 Å². The van der Waals surface area contributed by atoms with Gasteiger partial charge in [-0.15, -0.1) is 0 Å². The van der Waals surface area contributed by atoms with Crippen molar-refractivity contribution >= 4 is 23.9 Å². The van der Waals surface area contributed by atoms with E-state index in [0.29, 0.717) is 95.3 Å². The first-order chi connectivity index (χ1) is 48.2. The van der Waals surface area contributed by atoms with Gasteiger partial charge in [-0.2, -0.15) is 0 Å². The van der Waals surface area contributed by atoms with Gasteiger partial charge in [0.1, 0.15) is 68.4 Å². The van der Waals surface area contributed by atoms with Crippen LogP contribution in [0.5, 0.6) is 46.0 Å². The van der Waals surface area contributed by atoms with Gasteiger partial charge in [-0.25, -0.2) is 0 Å². The van der Waals surface area contributed by atoms with E-state index >= 15 is 0 Å². The second-order valence-electron chi connectivity index (χ2n) is 35.3. The van der Waals surface area contributed by atoms with Crippen molar-refractivity contribution in [2.75, 3.05) is 13.2 Å². The highest BCUT2D eigenvalue weighted by Crippen LogP contribution is 2.60. The van der Waals surface area contributed by atoms with Crippen LogP contribution in [0.4, 0.5) is 0 Å². The lowest BCUT2D eigenvalue weighted by molar-refractivity contribution is -0.150. The van der Waals surface area contributed by atoms with Gasteiger partial charge in [-0.3, -0.25) is 19.2 Å². The lowest BCUT2D eigenvalue weighted by atomic mass is 9.65. The van der Waals surface area contributed by atoms with Crippen LogP contribution in [0.15, 0.2) is 48.5 Å². The first-order valence-electron chi connectivity index (χ1n) is 38.0. The summed E-state index contributed by atoms with van der Waals surface area (Å²) in [5, 5.41) is 103. The van der Waals surface area contributed by atoms with Crippen molar-refractivity contribution in [2.45, 2.75) is 320 Å². The first kappa shape index (κ1) is 81.1. The maximum absolute atomic E-state index is 12.6. The molecule has 0 amide bonds. The van der Waals surface area contributed by atoms with Crippen LogP contribution in [0.1, 0.15) is 296 Å². The molecule has 10 N–H and O–H groups in total. The van der Waals surface area contributed by atoms with E-state index in [1.165, 1.54) is 12.1 Å². The lowest BCUT2D eigenvalue weighted by Crippen LogP contribution is -2.47. The Labute approximate surface area is 615 Å². The Morgan fingerprint density at radius 1 is 0.375 bits per heavy atom. The number of phenols is 4. The van der Waals surface area contributed by atoms with Crippen molar-refractivity contribution in [3.8, 4) is 46.0 Å². The molecule has 0 saturated heterocycles. The van der Waals surface area contributed by atoms with Crippen molar-refractivity contribution in [1.82, 2.24) is 0 Å². The number of aliphatic carboxylic acids is 2. The van der Waals surface area contributed by atoms with Crippen LogP contribution in [0, 0.1) is 23.7 Å². The summed E-state index contributed by atoms with van der Waals surface area (Å²) in [6, 6.07) is 13.6. The number of unbranched alkanes of at least 4 members (excludes halogenated alkanes) is 2. The largest absolute Gasteiger partial charge is 0.508 e. The van der Waals surface area contributed by atoms with Gasteiger partial charge in [0, 0.05) is 69.6 Å². The average Bonchev–Trinajstić information content (AvgIpc) is 0.756. The first-order valence-corrected chi connectivity index (χ1v) is 38.0. The summed E-state index contributed by atoms with van der Waals surface area (Å²) in [6.45, 7) is 35.0. The fraction of sp³-hybridized carbons (Fsp3) is 0.667. The molecule has 0 radical (unpaired) electrons. The average molecular weight is 1450 g/mol. The predicted molar refractivity (Wildman–Crippen MR) is 395 cm³/mol. The topological polar surface area (TPSA) is 326 Å². The van der Waals surface area contributed by atoms with Crippen molar-refractivity contribution in [3.05, 3.63) is 93.0 Å². The predicted octanol–water partition coefficient (Wildman–Crippen LogP) is 15.2. The van der Waals surface area contributed by atoms with E-state index in [4.69, 9.17) is 28.4 Å². The molecule has 576 valence electrons. The van der Waals surface area contributed by atoms with Crippen molar-refractivity contribution in [1.29, 1.82) is 0 Å². The van der Waals surface area contributed by atoms with Crippen LogP contribution in [0.25, 0.3) is 0 Å². The molecule has 0 bridgehead atoms. The standard InChI is InChI=1S/2C23H34O5.2C19H26O5/c2*1-6-7-10-27-21(26)22(2,3)14-11-18(25)20-16-13-15(24)8-9-17(16)23(4,5)28-19(20)12-14;2*1-18(2,17(22)23)10-7-14(21)16-12-9-11(20)5-6-13(12)19(3,4)24-15(16)8-10/h2*11-12,15-17,24-25H,6-10,13H2,1-5H3;2*7-8,11-13,20-21H,5-6,9H2,1-4H3,(H,22,23)/t15-,16+,17+;15-,16-,17-;11-,12+,13+;11-,12-,13-/m0101/s1. The zero-order chi connectivity index (χ0) is 77.1. The molecule has 0 spiro atoms. The van der Waals surface area contributed by atoms with E-state index < -0.39 is 56.0 Å². The maximum atomic E-state index is 12.6. The van der Waals surface area contributed by atoms with Crippen LogP contribution in [-0.2, 0) is 50.3 Å². The molecule has 4 aromatic rings. The van der Waals surface area contributed by atoms with Gasteiger partial charge in [0.2, 0.25) is 0 Å². The Kier molecular flexibility index (Phi) is 23.7. The van der Waals surface area contributed by atoms with Crippen molar-refractivity contribution in [2.24, 2.45) is 23.7 Å². The van der Waals surface area contributed by atoms with Crippen LogP contribution in [0.3, 0.4) is 0 Å². The molecule has 0 unspecified atom stereocenters. The summed E-state index contributed by atoms with van der Waals surface area (Å²) in [5.74, 6) is 1.28. The molecule has 20 heteroatoms. The zero-order valence-corrected chi connectivity index (χ0v) is 64.8. The summed E-state index contributed by atoms with van der Waals surface area (Å²) in [7, 11) is 0. The fourth-order valence-corrected chi connectivity index (χ4v) is 17.8. The van der Waals surface area contributed by atoms with Gasteiger partial charge >= 0.3 is 23.9 Å². The highest BCUT2D eigenvalue weighted by Gasteiger charge is 2.53. The molecular weight excluding hydrogens is 1330 g/mol. The molecule has 104 heavy (non-hydrogen) atoms. The van der Waals surface area contributed by atoms with E-state index in [1.54, 1.807) is 52.0 Å². The Morgan fingerprint density at radius 3 is 0.788 bits per heavy atom. The van der Waals surface area contributed by atoms with E-state index in [-0.39, 0.29) is 107 Å². The number of carbonyl (C=O) groups is 4. The van der Waals surface area contributed by atoms with Gasteiger partial charge < -0.3 is 79.5 Å². The number of aliphatic hydroxyl groups is 4. The third kappa shape index (κ3) is 16.3. The molecule has 20 nitrogen and oxygen atoms in total. The number of esters is 2.